The molecule has 0 aliphatic heterocycles. The minimum absolute atomic E-state index is 0.0385. The summed E-state index contributed by atoms with van der Waals surface area (Å²) in [7, 11) is 0. The lowest BCUT2D eigenvalue weighted by molar-refractivity contribution is -0.115. The maximum Gasteiger partial charge on any atom is 0.226 e. The number of amides is 1. The zero-order valence-electron chi connectivity index (χ0n) is 8.87. The van der Waals surface area contributed by atoms with Crippen molar-refractivity contribution >= 4 is 34.1 Å². The minimum Gasteiger partial charge on any atom is -0.302 e. The Labute approximate surface area is 107 Å². The van der Waals surface area contributed by atoms with Gasteiger partial charge < -0.3 is 5.32 Å². The average Bonchev–Trinajstić information content (AvgIpc) is 2.83. The second kappa shape index (κ2) is 6.31. The van der Waals surface area contributed by atoms with Crippen molar-refractivity contribution in [3.05, 3.63) is 30.0 Å². The van der Waals surface area contributed by atoms with E-state index in [4.69, 9.17) is 0 Å². The number of rotatable bonds is 5. The number of anilines is 1. The highest BCUT2D eigenvalue weighted by Gasteiger charge is 2.04. The predicted octanol–water partition coefficient (Wildman–Crippen LogP) is 2.05. The number of hydrogen-bond acceptors (Lipinski definition) is 6. The van der Waals surface area contributed by atoms with Crippen LogP contribution in [0.5, 0.6) is 0 Å². The summed E-state index contributed by atoms with van der Waals surface area (Å²) in [6.07, 6.45) is 5.45. The third kappa shape index (κ3) is 4.12. The van der Waals surface area contributed by atoms with Crippen LogP contribution in [0, 0.1) is 0 Å². The summed E-state index contributed by atoms with van der Waals surface area (Å²) in [5, 5.41) is 5.87. The van der Waals surface area contributed by atoms with Crippen LogP contribution in [0.25, 0.3) is 0 Å². The first-order valence-corrected chi connectivity index (χ1v) is 6.80. The zero-order valence-corrected chi connectivity index (χ0v) is 10.5. The molecule has 5 nitrogen and oxygen atoms in total. The van der Waals surface area contributed by atoms with E-state index in [0.717, 1.165) is 0 Å². The standard InChI is InChI=1S/C10H10N4OS2/c15-8(14-10-13-5-7-17-10)2-6-16-9-11-3-1-4-12-9/h1,3-5,7H,2,6H2,(H,13,14,15). The summed E-state index contributed by atoms with van der Waals surface area (Å²) in [5.41, 5.74) is 0. The molecule has 2 aromatic heterocycles. The first-order chi connectivity index (χ1) is 8.34. The van der Waals surface area contributed by atoms with E-state index in [0.29, 0.717) is 22.5 Å². The molecular weight excluding hydrogens is 256 g/mol. The predicted molar refractivity (Wildman–Crippen MR) is 68.1 cm³/mol. The molecule has 0 aromatic carbocycles. The monoisotopic (exact) mass is 266 g/mol. The SMILES string of the molecule is O=C(CCSc1ncccn1)Nc1nccs1. The number of thiazole rings is 1. The Kier molecular flexibility index (Phi) is 4.45. The highest BCUT2D eigenvalue weighted by molar-refractivity contribution is 7.99. The Morgan fingerprint density at radius 1 is 1.29 bits per heavy atom. The van der Waals surface area contributed by atoms with E-state index in [-0.39, 0.29) is 5.91 Å². The van der Waals surface area contributed by atoms with Gasteiger partial charge in [0, 0.05) is 36.1 Å². The summed E-state index contributed by atoms with van der Waals surface area (Å²) < 4.78 is 0. The molecule has 0 spiro atoms. The molecule has 1 N–H and O–H groups in total. The molecular formula is C10H10N4OS2. The van der Waals surface area contributed by atoms with E-state index in [1.807, 2.05) is 5.38 Å². The van der Waals surface area contributed by atoms with Gasteiger partial charge in [0.1, 0.15) is 0 Å². The van der Waals surface area contributed by atoms with Crippen molar-refractivity contribution in [2.45, 2.75) is 11.6 Å². The Balaban J connectivity index is 1.70. The normalized spacial score (nSPS) is 10.1. The number of hydrogen-bond donors (Lipinski definition) is 1. The number of aromatic nitrogens is 3. The van der Waals surface area contributed by atoms with Crippen LogP contribution in [0.15, 0.2) is 35.2 Å². The molecule has 0 saturated heterocycles. The van der Waals surface area contributed by atoms with Crippen LogP contribution in [0.3, 0.4) is 0 Å². The van der Waals surface area contributed by atoms with Crippen LogP contribution in [0.2, 0.25) is 0 Å². The fraction of sp³-hybridized carbons (Fsp3) is 0.200. The summed E-state index contributed by atoms with van der Waals surface area (Å²) in [4.78, 5) is 23.6. The summed E-state index contributed by atoms with van der Waals surface area (Å²) in [5.74, 6) is 0.615. The second-order valence-corrected chi connectivity index (χ2v) is 4.97. The first kappa shape index (κ1) is 12.0. The molecule has 1 amide bonds. The number of carbonyl (C=O) groups is 1. The van der Waals surface area contributed by atoms with Gasteiger partial charge in [-0.05, 0) is 6.07 Å². The van der Waals surface area contributed by atoms with Crippen molar-refractivity contribution in [2.24, 2.45) is 0 Å². The van der Waals surface area contributed by atoms with Gasteiger partial charge in [0.05, 0.1) is 0 Å². The van der Waals surface area contributed by atoms with Crippen molar-refractivity contribution in [3.8, 4) is 0 Å². The third-order valence-electron chi connectivity index (χ3n) is 1.78. The van der Waals surface area contributed by atoms with E-state index >= 15 is 0 Å². The number of nitrogens with zero attached hydrogens (tertiary/aromatic N) is 3. The quantitative estimate of drug-likeness (QED) is 0.662. The lowest BCUT2D eigenvalue weighted by Gasteiger charge is -2.00. The van der Waals surface area contributed by atoms with Crippen molar-refractivity contribution in [1.82, 2.24) is 15.0 Å². The van der Waals surface area contributed by atoms with Crippen molar-refractivity contribution in [2.75, 3.05) is 11.1 Å². The van der Waals surface area contributed by atoms with Gasteiger partial charge in [-0.25, -0.2) is 15.0 Å². The van der Waals surface area contributed by atoms with E-state index in [9.17, 15) is 4.79 Å². The van der Waals surface area contributed by atoms with Gasteiger partial charge in [-0.2, -0.15) is 0 Å². The Morgan fingerprint density at radius 2 is 2.12 bits per heavy atom. The zero-order chi connectivity index (χ0) is 11.9. The number of nitrogens with one attached hydrogen (secondary N) is 1. The van der Waals surface area contributed by atoms with Crippen LogP contribution in [-0.4, -0.2) is 26.6 Å². The van der Waals surface area contributed by atoms with Crippen LogP contribution < -0.4 is 5.32 Å². The number of thioether (sulfide) groups is 1. The highest BCUT2D eigenvalue weighted by Crippen LogP contribution is 2.14. The van der Waals surface area contributed by atoms with Gasteiger partial charge in [-0.3, -0.25) is 4.79 Å². The van der Waals surface area contributed by atoms with Gasteiger partial charge in [0.25, 0.3) is 0 Å². The van der Waals surface area contributed by atoms with Crippen molar-refractivity contribution < 1.29 is 4.79 Å². The second-order valence-electron chi connectivity index (χ2n) is 3.02. The molecule has 2 heterocycles. The fourth-order valence-electron chi connectivity index (χ4n) is 1.06. The fourth-order valence-corrected chi connectivity index (χ4v) is 2.35. The Bertz CT molecular complexity index is 460. The van der Waals surface area contributed by atoms with Gasteiger partial charge in [0.15, 0.2) is 10.3 Å². The molecule has 0 aliphatic carbocycles. The summed E-state index contributed by atoms with van der Waals surface area (Å²) in [6, 6.07) is 1.76. The highest BCUT2D eigenvalue weighted by atomic mass is 32.2. The summed E-state index contributed by atoms with van der Waals surface area (Å²) >= 11 is 2.87. The lowest BCUT2D eigenvalue weighted by atomic mass is 10.5. The molecule has 0 bridgehead atoms. The van der Waals surface area contributed by atoms with Crippen LogP contribution in [-0.2, 0) is 4.79 Å². The summed E-state index contributed by atoms with van der Waals surface area (Å²) in [6.45, 7) is 0. The molecule has 17 heavy (non-hydrogen) atoms. The average molecular weight is 266 g/mol. The Morgan fingerprint density at radius 3 is 2.82 bits per heavy atom. The van der Waals surface area contributed by atoms with E-state index in [1.165, 1.54) is 23.1 Å². The van der Waals surface area contributed by atoms with Gasteiger partial charge in [-0.15, -0.1) is 11.3 Å². The smallest absolute Gasteiger partial charge is 0.226 e. The van der Waals surface area contributed by atoms with Gasteiger partial charge >= 0.3 is 0 Å². The molecule has 2 aromatic rings. The van der Waals surface area contributed by atoms with Crippen LogP contribution >= 0.6 is 23.1 Å². The lowest BCUT2D eigenvalue weighted by Crippen LogP contribution is -2.11. The largest absolute Gasteiger partial charge is 0.302 e. The van der Waals surface area contributed by atoms with Crippen LogP contribution in [0.4, 0.5) is 5.13 Å². The molecule has 0 fully saturated rings. The number of carbonyl (C=O) groups excluding carboxylic acids is 1. The third-order valence-corrected chi connectivity index (χ3v) is 3.35. The molecule has 0 saturated carbocycles. The molecule has 88 valence electrons. The molecule has 0 atom stereocenters. The Hall–Kier alpha value is -1.47. The van der Waals surface area contributed by atoms with Gasteiger partial charge in [-0.1, -0.05) is 11.8 Å². The van der Waals surface area contributed by atoms with E-state index in [1.54, 1.807) is 24.7 Å². The first-order valence-electron chi connectivity index (χ1n) is 4.94. The van der Waals surface area contributed by atoms with E-state index < -0.39 is 0 Å². The molecule has 7 heteroatoms. The van der Waals surface area contributed by atoms with E-state index in [2.05, 4.69) is 20.3 Å². The van der Waals surface area contributed by atoms with Crippen molar-refractivity contribution in [1.29, 1.82) is 0 Å². The minimum atomic E-state index is -0.0385. The van der Waals surface area contributed by atoms with Crippen molar-refractivity contribution in [3.63, 3.8) is 0 Å². The van der Waals surface area contributed by atoms with Gasteiger partial charge in [0.2, 0.25) is 5.91 Å². The molecule has 0 aliphatic rings. The topological polar surface area (TPSA) is 67.8 Å². The molecule has 0 radical (unpaired) electrons. The molecule has 0 unspecified atom stereocenters. The maximum atomic E-state index is 11.5. The van der Waals surface area contributed by atoms with Crippen LogP contribution in [0.1, 0.15) is 6.42 Å². The maximum absolute atomic E-state index is 11.5. The molecule has 2 rings (SSSR count).